The Kier molecular flexibility index (Phi) is 5.98. The Balaban J connectivity index is 1.64. The molecule has 1 saturated heterocycles. The van der Waals surface area contributed by atoms with Crippen molar-refractivity contribution < 1.29 is 13.2 Å². The maximum absolute atomic E-state index is 12.9. The lowest BCUT2D eigenvalue weighted by molar-refractivity contribution is -0.120. The average molecular weight is 452 g/mol. The van der Waals surface area contributed by atoms with E-state index in [0.29, 0.717) is 36.6 Å². The van der Waals surface area contributed by atoms with Crippen LogP contribution in [0, 0.1) is 19.8 Å². The van der Waals surface area contributed by atoms with E-state index in [0.717, 1.165) is 15.6 Å². The number of nitrogens with one attached hydrogen (secondary N) is 1. The molecule has 0 spiro atoms. The second-order valence-corrected chi connectivity index (χ2v) is 9.62. The summed E-state index contributed by atoms with van der Waals surface area (Å²) in [6.07, 6.45) is 2.60. The van der Waals surface area contributed by atoms with Gasteiger partial charge in [0, 0.05) is 29.7 Å². The first-order chi connectivity index (χ1) is 12.8. The fourth-order valence-electron chi connectivity index (χ4n) is 3.26. The normalized spacial score (nSPS) is 16.3. The van der Waals surface area contributed by atoms with Crippen molar-refractivity contribution in [2.75, 3.05) is 18.4 Å². The van der Waals surface area contributed by atoms with Crippen molar-refractivity contribution in [3.8, 4) is 0 Å². The highest BCUT2D eigenvalue weighted by atomic mass is 79.9. The number of nitrogens with zero attached hydrogens (tertiary/aromatic N) is 2. The van der Waals surface area contributed by atoms with Crippen LogP contribution in [0.4, 0.5) is 5.82 Å². The van der Waals surface area contributed by atoms with Gasteiger partial charge in [-0.1, -0.05) is 17.7 Å². The molecule has 8 heteroatoms. The number of aromatic nitrogens is 1. The third kappa shape index (κ3) is 4.56. The highest BCUT2D eigenvalue weighted by Crippen LogP contribution is 2.27. The molecule has 1 aliphatic rings. The second kappa shape index (κ2) is 8.08. The van der Waals surface area contributed by atoms with E-state index in [-0.39, 0.29) is 11.8 Å². The number of rotatable bonds is 4. The van der Waals surface area contributed by atoms with Crippen LogP contribution in [0.2, 0.25) is 0 Å². The Labute approximate surface area is 168 Å². The van der Waals surface area contributed by atoms with Crippen LogP contribution in [0.3, 0.4) is 0 Å². The van der Waals surface area contributed by atoms with E-state index in [1.807, 2.05) is 32.0 Å². The number of carbonyl (C=O) groups is 1. The van der Waals surface area contributed by atoms with Crippen molar-refractivity contribution in [3.05, 3.63) is 52.1 Å². The van der Waals surface area contributed by atoms with Crippen LogP contribution in [0.15, 0.2) is 45.9 Å². The largest absolute Gasteiger partial charge is 0.310 e. The van der Waals surface area contributed by atoms with Crippen molar-refractivity contribution in [2.45, 2.75) is 31.6 Å². The Hall–Kier alpha value is -1.77. The van der Waals surface area contributed by atoms with Crippen molar-refractivity contribution in [2.24, 2.45) is 5.92 Å². The molecule has 3 rings (SSSR count). The number of sulfonamides is 1. The minimum Gasteiger partial charge on any atom is -0.310 e. The second-order valence-electron chi connectivity index (χ2n) is 6.80. The molecule has 0 saturated carbocycles. The Morgan fingerprint density at radius 1 is 1.19 bits per heavy atom. The summed E-state index contributed by atoms with van der Waals surface area (Å²) in [4.78, 5) is 16.9. The summed E-state index contributed by atoms with van der Waals surface area (Å²) in [5.41, 5.74) is 1.78. The maximum atomic E-state index is 12.9. The molecular formula is C19H22BrN3O3S. The third-order valence-electron chi connectivity index (χ3n) is 4.75. The number of aryl methyl sites for hydroxylation is 2. The lowest BCUT2D eigenvalue weighted by Crippen LogP contribution is -2.41. The van der Waals surface area contributed by atoms with Gasteiger partial charge in [-0.3, -0.25) is 4.79 Å². The van der Waals surface area contributed by atoms with Crippen LogP contribution in [-0.2, 0) is 14.8 Å². The molecule has 1 aromatic carbocycles. The first-order valence-electron chi connectivity index (χ1n) is 8.77. The van der Waals surface area contributed by atoms with Gasteiger partial charge in [0.2, 0.25) is 15.9 Å². The fraction of sp³-hybridized carbons (Fsp3) is 0.368. The van der Waals surface area contributed by atoms with Crippen LogP contribution < -0.4 is 5.32 Å². The molecule has 0 atom stereocenters. The minimum absolute atomic E-state index is 0.117. The molecule has 1 N–H and O–H groups in total. The Morgan fingerprint density at radius 3 is 2.48 bits per heavy atom. The number of benzene rings is 1. The number of carbonyl (C=O) groups excluding carboxylic acids is 1. The van der Waals surface area contributed by atoms with E-state index in [1.165, 1.54) is 4.31 Å². The summed E-state index contributed by atoms with van der Waals surface area (Å²) in [5.74, 6) is 0.155. The van der Waals surface area contributed by atoms with E-state index < -0.39 is 10.0 Å². The zero-order valence-electron chi connectivity index (χ0n) is 15.3. The van der Waals surface area contributed by atoms with Gasteiger partial charge in [0.25, 0.3) is 0 Å². The van der Waals surface area contributed by atoms with Crippen LogP contribution in [0.5, 0.6) is 0 Å². The number of halogens is 1. The Bertz CT molecular complexity index is 937. The van der Waals surface area contributed by atoms with Crippen LogP contribution in [0.25, 0.3) is 0 Å². The van der Waals surface area contributed by atoms with Gasteiger partial charge < -0.3 is 5.32 Å². The molecule has 6 nitrogen and oxygen atoms in total. The maximum Gasteiger partial charge on any atom is 0.243 e. The van der Waals surface area contributed by atoms with Gasteiger partial charge in [-0.25, -0.2) is 13.4 Å². The topological polar surface area (TPSA) is 79.4 Å². The van der Waals surface area contributed by atoms with Gasteiger partial charge in [0.1, 0.15) is 5.82 Å². The molecule has 1 amide bonds. The molecule has 0 unspecified atom stereocenters. The lowest BCUT2D eigenvalue weighted by atomic mass is 9.97. The SMILES string of the molecule is Cc1ccc(S(=O)(=O)N2CCC(C(=O)Nc3ccc(Br)cn3)CC2)c(C)c1. The molecule has 1 aromatic heterocycles. The molecule has 2 heterocycles. The summed E-state index contributed by atoms with van der Waals surface area (Å²) in [5, 5.41) is 2.80. The van der Waals surface area contributed by atoms with E-state index in [4.69, 9.17) is 0 Å². The van der Waals surface area contributed by atoms with E-state index in [1.54, 1.807) is 18.3 Å². The summed E-state index contributed by atoms with van der Waals surface area (Å²) in [6, 6.07) is 8.88. The zero-order chi connectivity index (χ0) is 19.6. The number of pyridine rings is 1. The smallest absolute Gasteiger partial charge is 0.243 e. The molecule has 0 aliphatic carbocycles. The van der Waals surface area contributed by atoms with Crippen LogP contribution >= 0.6 is 15.9 Å². The van der Waals surface area contributed by atoms with Crippen molar-refractivity contribution in [3.63, 3.8) is 0 Å². The van der Waals surface area contributed by atoms with Crippen molar-refractivity contribution >= 4 is 37.7 Å². The first kappa shape index (κ1) is 20.0. The third-order valence-corrected chi connectivity index (χ3v) is 7.28. The Morgan fingerprint density at radius 2 is 1.89 bits per heavy atom. The quantitative estimate of drug-likeness (QED) is 0.770. The summed E-state index contributed by atoms with van der Waals surface area (Å²) in [7, 11) is -3.54. The van der Waals surface area contributed by atoms with E-state index >= 15 is 0 Å². The minimum atomic E-state index is -3.54. The summed E-state index contributed by atoms with van der Waals surface area (Å²) >= 11 is 3.30. The van der Waals surface area contributed by atoms with E-state index in [2.05, 4.69) is 26.2 Å². The number of hydrogen-bond donors (Lipinski definition) is 1. The molecule has 2 aromatic rings. The molecular weight excluding hydrogens is 430 g/mol. The fourth-order valence-corrected chi connectivity index (χ4v) is 5.17. The van der Waals surface area contributed by atoms with Gasteiger partial charge in [0.05, 0.1) is 4.90 Å². The van der Waals surface area contributed by atoms with Gasteiger partial charge in [0.15, 0.2) is 0 Å². The average Bonchev–Trinajstić information content (AvgIpc) is 2.63. The monoisotopic (exact) mass is 451 g/mol. The molecule has 27 heavy (non-hydrogen) atoms. The number of amides is 1. The molecule has 0 bridgehead atoms. The number of anilines is 1. The van der Waals surface area contributed by atoms with Crippen LogP contribution in [0.1, 0.15) is 24.0 Å². The van der Waals surface area contributed by atoms with Gasteiger partial charge >= 0.3 is 0 Å². The van der Waals surface area contributed by atoms with Gasteiger partial charge in [-0.15, -0.1) is 0 Å². The number of piperidine rings is 1. The van der Waals surface area contributed by atoms with Gasteiger partial charge in [-0.05, 0) is 66.4 Å². The summed E-state index contributed by atoms with van der Waals surface area (Å²) < 4.78 is 28.2. The predicted molar refractivity (Wildman–Crippen MR) is 108 cm³/mol. The van der Waals surface area contributed by atoms with E-state index in [9.17, 15) is 13.2 Å². The molecule has 0 radical (unpaired) electrons. The zero-order valence-corrected chi connectivity index (χ0v) is 17.7. The molecule has 1 fully saturated rings. The summed E-state index contributed by atoms with van der Waals surface area (Å²) in [6.45, 7) is 4.42. The van der Waals surface area contributed by atoms with Gasteiger partial charge in [-0.2, -0.15) is 4.31 Å². The highest BCUT2D eigenvalue weighted by Gasteiger charge is 2.32. The predicted octanol–water partition coefficient (Wildman–Crippen LogP) is 3.50. The standard InChI is InChI=1S/C19H22BrN3O3S/c1-13-3-5-17(14(2)11-13)27(25,26)23-9-7-15(8-10-23)19(24)22-18-6-4-16(20)12-21-18/h3-6,11-12,15H,7-10H2,1-2H3,(H,21,22,24). The highest BCUT2D eigenvalue weighted by molar-refractivity contribution is 9.10. The van der Waals surface area contributed by atoms with Crippen LogP contribution in [-0.4, -0.2) is 36.7 Å². The molecule has 1 aliphatic heterocycles. The van der Waals surface area contributed by atoms with Crippen molar-refractivity contribution in [1.29, 1.82) is 0 Å². The molecule has 144 valence electrons. The lowest BCUT2D eigenvalue weighted by Gasteiger charge is -2.30. The van der Waals surface area contributed by atoms with Crippen molar-refractivity contribution in [1.82, 2.24) is 9.29 Å². The first-order valence-corrected chi connectivity index (χ1v) is 11.0. The number of hydrogen-bond acceptors (Lipinski definition) is 4.